The maximum absolute atomic E-state index is 9.50. The Kier molecular flexibility index (Phi) is 2.94. The van der Waals surface area contributed by atoms with E-state index in [2.05, 4.69) is 23.7 Å². The fourth-order valence-corrected chi connectivity index (χ4v) is 2.80. The van der Waals surface area contributed by atoms with Gasteiger partial charge in [-0.05, 0) is 18.8 Å². The highest BCUT2D eigenvalue weighted by Crippen LogP contribution is 2.40. The molecule has 18 heavy (non-hydrogen) atoms. The smallest absolute Gasteiger partial charge is 0.197 e. The third-order valence-corrected chi connectivity index (χ3v) is 4.55. The minimum Gasteiger partial charge on any atom is -0.444 e. The number of aliphatic hydroxyl groups is 1. The molecular weight excluding hydrogens is 228 g/mol. The van der Waals surface area contributed by atoms with Crippen molar-refractivity contribution < 1.29 is 9.52 Å². The molecule has 1 saturated carbocycles. The zero-order chi connectivity index (χ0) is 12.8. The van der Waals surface area contributed by atoms with Gasteiger partial charge in [0.1, 0.15) is 5.76 Å². The van der Waals surface area contributed by atoms with Crippen LogP contribution in [-0.2, 0) is 6.54 Å². The molecule has 2 aliphatic rings. The fraction of sp³-hybridized carbons (Fsp3) is 0.786. The van der Waals surface area contributed by atoms with Gasteiger partial charge in [0.05, 0.1) is 12.7 Å². The van der Waals surface area contributed by atoms with Crippen molar-refractivity contribution in [3.63, 3.8) is 0 Å². The molecule has 1 aliphatic heterocycles. The number of likely N-dealkylation sites (tertiary alicyclic amines) is 1. The van der Waals surface area contributed by atoms with Gasteiger partial charge in [-0.1, -0.05) is 13.8 Å². The van der Waals surface area contributed by atoms with Crippen LogP contribution < -0.4 is 0 Å². The van der Waals surface area contributed by atoms with Gasteiger partial charge in [0, 0.05) is 31.0 Å². The lowest BCUT2D eigenvalue weighted by atomic mass is 9.82. The molecule has 0 amide bonds. The van der Waals surface area contributed by atoms with E-state index in [0.717, 1.165) is 31.3 Å². The van der Waals surface area contributed by atoms with Crippen molar-refractivity contribution >= 4 is 0 Å². The molecule has 1 aromatic heterocycles. The zero-order valence-corrected chi connectivity index (χ0v) is 11.2. The molecule has 2 fully saturated rings. The molecular formula is C14H22N2O2. The van der Waals surface area contributed by atoms with E-state index >= 15 is 0 Å². The van der Waals surface area contributed by atoms with E-state index in [9.17, 15) is 5.11 Å². The third-order valence-electron chi connectivity index (χ3n) is 4.55. The van der Waals surface area contributed by atoms with E-state index in [1.54, 1.807) is 0 Å². The topological polar surface area (TPSA) is 49.5 Å². The molecule has 1 N–H and O–H groups in total. The Labute approximate surface area is 108 Å². The van der Waals surface area contributed by atoms with Gasteiger partial charge >= 0.3 is 0 Å². The predicted molar refractivity (Wildman–Crippen MR) is 68.1 cm³/mol. The van der Waals surface area contributed by atoms with Gasteiger partial charge in [-0.3, -0.25) is 4.90 Å². The van der Waals surface area contributed by atoms with Crippen molar-refractivity contribution in [2.45, 2.75) is 39.2 Å². The fourth-order valence-electron chi connectivity index (χ4n) is 2.80. The van der Waals surface area contributed by atoms with E-state index in [4.69, 9.17) is 4.42 Å². The number of nitrogens with zero attached hydrogens (tertiary/aromatic N) is 2. The highest BCUT2D eigenvalue weighted by molar-refractivity contribution is 5.05. The summed E-state index contributed by atoms with van der Waals surface area (Å²) in [5.41, 5.74) is 0.0271. The molecule has 0 radical (unpaired) electrons. The van der Waals surface area contributed by atoms with E-state index in [-0.39, 0.29) is 12.0 Å². The summed E-state index contributed by atoms with van der Waals surface area (Å²) in [5.74, 6) is 2.99. The summed E-state index contributed by atoms with van der Waals surface area (Å²) >= 11 is 0. The summed E-state index contributed by atoms with van der Waals surface area (Å²) in [6.45, 7) is 7.41. The molecule has 0 bridgehead atoms. The molecule has 2 heterocycles. The van der Waals surface area contributed by atoms with E-state index in [1.807, 2.05) is 6.20 Å². The molecule has 0 aromatic carbocycles. The summed E-state index contributed by atoms with van der Waals surface area (Å²) in [6.07, 6.45) is 4.32. The van der Waals surface area contributed by atoms with Crippen molar-refractivity contribution in [3.05, 3.63) is 17.8 Å². The molecule has 1 aliphatic carbocycles. The van der Waals surface area contributed by atoms with Crippen LogP contribution in [0.4, 0.5) is 0 Å². The lowest BCUT2D eigenvalue weighted by molar-refractivity contribution is 0.116. The largest absolute Gasteiger partial charge is 0.444 e. The monoisotopic (exact) mass is 250 g/mol. The minimum atomic E-state index is 0.0271. The second-order valence-electron chi connectivity index (χ2n) is 6.32. The van der Waals surface area contributed by atoms with Crippen molar-refractivity contribution in [2.24, 2.45) is 11.3 Å². The lowest BCUT2D eigenvalue weighted by Gasteiger charge is -2.25. The summed E-state index contributed by atoms with van der Waals surface area (Å²) in [7, 11) is 0. The molecule has 100 valence electrons. The first-order valence-corrected chi connectivity index (χ1v) is 6.88. The van der Waals surface area contributed by atoms with Gasteiger partial charge in [-0.2, -0.15) is 0 Å². The number of aliphatic hydroxyl groups excluding tert-OH is 1. The van der Waals surface area contributed by atoms with Crippen LogP contribution in [0.25, 0.3) is 0 Å². The Balaban J connectivity index is 1.62. The van der Waals surface area contributed by atoms with Crippen molar-refractivity contribution in [3.8, 4) is 0 Å². The van der Waals surface area contributed by atoms with Crippen LogP contribution in [0.5, 0.6) is 0 Å². The molecule has 2 unspecified atom stereocenters. The molecule has 4 nitrogen and oxygen atoms in total. The van der Waals surface area contributed by atoms with Crippen LogP contribution in [0.3, 0.4) is 0 Å². The average Bonchev–Trinajstić information content (AvgIpc) is 3.03. The van der Waals surface area contributed by atoms with Crippen LogP contribution in [0, 0.1) is 11.3 Å². The summed E-state index contributed by atoms with van der Waals surface area (Å²) in [5, 5.41) is 9.50. The summed E-state index contributed by atoms with van der Waals surface area (Å²) < 4.78 is 5.79. The van der Waals surface area contributed by atoms with Gasteiger partial charge in [-0.15, -0.1) is 0 Å². The van der Waals surface area contributed by atoms with Crippen LogP contribution in [-0.4, -0.2) is 34.7 Å². The zero-order valence-electron chi connectivity index (χ0n) is 11.2. The Morgan fingerprint density at radius 2 is 2.33 bits per heavy atom. The van der Waals surface area contributed by atoms with Crippen LogP contribution in [0.15, 0.2) is 10.6 Å². The first-order valence-electron chi connectivity index (χ1n) is 6.88. The van der Waals surface area contributed by atoms with Crippen LogP contribution >= 0.6 is 0 Å². The summed E-state index contributed by atoms with van der Waals surface area (Å²) in [4.78, 5) is 6.71. The second-order valence-corrected chi connectivity index (χ2v) is 6.32. The first kappa shape index (κ1) is 12.2. The standard InChI is InChI=1S/C14H22N2O2/c1-10-6-16(8-14(10,2)9-17)7-12-5-15-13(18-12)11-3-4-11/h5,10-11,17H,3-4,6-9H2,1-2H3. The van der Waals surface area contributed by atoms with Crippen molar-refractivity contribution in [1.82, 2.24) is 9.88 Å². The quantitative estimate of drug-likeness (QED) is 0.888. The number of oxazole rings is 1. The Hall–Kier alpha value is -0.870. The van der Waals surface area contributed by atoms with E-state index in [1.165, 1.54) is 12.8 Å². The SMILES string of the molecule is CC1CN(Cc2cnc(C3CC3)o2)CC1(C)CO. The van der Waals surface area contributed by atoms with Crippen LogP contribution in [0.1, 0.15) is 44.3 Å². The van der Waals surface area contributed by atoms with Gasteiger partial charge < -0.3 is 9.52 Å². The first-order chi connectivity index (χ1) is 8.60. The van der Waals surface area contributed by atoms with Gasteiger partial charge in [0.15, 0.2) is 5.89 Å². The Morgan fingerprint density at radius 3 is 2.94 bits per heavy atom. The van der Waals surface area contributed by atoms with E-state index in [0.29, 0.717) is 11.8 Å². The second kappa shape index (κ2) is 4.35. The number of aromatic nitrogens is 1. The predicted octanol–water partition coefficient (Wildman–Crippen LogP) is 2.00. The van der Waals surface area contributed by atoms with Crippen molar-refractivity contribution in [1.29, 1.82) is 0 Å². The van der Waals surface area contributed by atoms with Gasteiger partial charge in [0.2, 0.25) is 0 Å². The average molecular weight is 250 g/mol. The molecule has 1 aromatic rings. The Morgan fingerprint density at radius 1 is 1.56 bits per heavy atom. The van der Waals surface area contributed by atoms with Gasteiger partial charge in [-0.25, -0.2) is 4.98 Å². The Bertz CT molecular complexity index is 427. The number of hydrogen-bond donors (Lipinski definition) is 1. The molecule has 0 spiro atoms. The molecule has 3 rings (SSSR count). The summed E-state index contributed by atoms with van der Waals surface area (Å²) in [6, 6.07) is 0. The maximum Gasteiger partial charge on any atom is 0.197 e. The molecule has 4 heteroatoms. The highest BCUT2D eigenvalue weighted by atomic mass is 16.4. The van der Waals surface area contributed by atoms with E-state index < -0.39 is 0 Å². The lowest BCUT2D eigenvalue weighted by Crippen LogP contribution is -2.29. The maximum atomic E-state index is 9.50. The molecule has 1 saturated heterocycles. The third kappa shape index (κ3) is 2.19. The normalized spacial score (nSPS) is 33.2. The number of rotatable bonds is 4. The van der Waals surface area contributed by atoms with Crippen molar-refractivity contribution in [2.75, 3.05) is 19.7 Å². The highest BCUT2D eigenvalue weighted by Gasteiger charge is 2.40. The minimum absolute atomic E-state index is 0.0271. The van der Waals surface area contributed by atoms with Gasteiger partial charge in [0.25, 0.3) is 0 Å². The van der Waals surface area contributed by atoms with Crippen LogP contribution in [0.2, 0.25) is 0 Å². The molecule has 2 atom stereocenters. The number of hydrogen-bond acceptors (Lipinski definition) is 4.